The highest BCUT2D eigenvalue weighted by Crippen LogP contribution is 2.32. The van der Waals surface area contributed by atoms with Crippen LogP contribution in [0.2, 0.25) is 0 Å². The van der Waals surface area contributed by atoms with E-state index in [2.05, 4.69) is 17.0 Å². The zero-order valence-electron chi connectivity index (χ0n) is 12.3. The molecule has 112 valence electrons. The van der Waals surface area contributed by atoms with Gasteiger partial charge in [0.15, 0.2) is 0 Å². The molecule has 20 heavy (non-hydrogen) atoms. The van der Waals surface area contributed by atoms with Crippen molar-refractivity contribution in [3.05, 3.63) is 35.4 Å². The number of hydrogen-bond donors (Lipinski definition) is 2. The van der Waals surface area contributed by atoms with Gasteiger partial charge in [0.05, 0.1) is 5.75 Å². The predicted molar refractivity (Wildman–Crippen MR) is 81.8 cm³/mol. The Morgan fingerprint density at radius 1 is 1.25 bits per heavy atom. The molecule has 4 nitrogen and oxygen atoms in total. The fraction of sp³-hybridized carbons (Fsp3) is 0.600. The summed E-state index contributed by atoms with van der Waals surface area (Å²) in [5, 5.41) is 3.25. The molecule has 0 bridgehead atoms. The summed E-state index contributed by atoms with van der Waals surface area (Å²) < 4.78 is 27.3. The van der Waals surface area contributed by atoms with E-state index in [1.54, 1.807) is 0 Å². The topological polar surface area (TPSA) is 58.2 Å². The molecule has 1 saturated carbocycles. The lowest BCUT2D eigenvalue weighted by atomic mass is 9.80. The fourth-order valence-electron chi connectivity index (χ4n) is 2.54. The van der Waals surface area contributed by atoms with E-state index in [9.17, 15) is 8.42 Å². The predicted octanol–water partition coefficient (Wildman–Crippen LogP) is 2.16. The van der Waals surface area contributed by atoms with E-state index in [1.165, 1.54) is 0 Å². The highest BCUT2D eigenvalue weighted by atomic mass is 32.2. The van der Waals surface area contributed by atoms with Gasteiger partial charge in [-0.3, -0.25) is 0 Å². The Balaban J connectivity index is 2.01. The Labute approximate surface area is 122 Å². The van der Waals surface area contributed by atoms with Crippen LogP contribution >= 0.6 is 0 Å². The summed E-state index contributed by atoms with van der Waals surface area (Å²) in [4.78, 5) is 0. The van der Waals surface area contributed by atoms with Gasteiger partial charge in [-0.2, -0.15) is 0 Å². The monoisotopic (exact) mass is 296 g/mol. The van der Waals surface area contributed by atoms with Crippen LogP contribution in [0.25, 0.3) is 0 Å². The molecular formula is C15H24N2O2S. The molecule has 2 N–H and O–H groups in total. The van der Waals surface area contributed by atoms with E-state index in [-0.39, 0.29) is 11.3 Å². The molecule has 1 aliphatic rings. The summed E-state index contributed by atoms with van der Waals surface area (Å²) in [6, 6.07) is 7.77. The van der Waals surface area contributed by atoms with Crippen LogP contribution in [0.3, 0.4) is 0 Å². The maximum Gasteiger partial charge on any atom is 0.216 e. The fourth-order valence-corrected chi connectivity index (χ4v) is 4.18. The third kappa shape index (κ3) is 4.30. The van der Waals surface area contributed by atoms with Gasteiger partial charge in [0.1, 0.15) is 0 Å². The molecule has 1 aromatic carbocycles. The lowest BCUT2D eigenvalue weighted by Gasteiger charge is -2.38. The summed E-state index contributed by atoms with van der Waals surface area (Å²) in [5.41, 5.74) is 1.74. The molecule has 0 atom stereocenters. The number of rotatable bonds is 7. The molecule has 0 amide bonds. The molecule has 1 fully saturated rings. The summed E-state index contributed by atoms with van der Waals surface area (Å²) in [6.45, 7) is 5.71. The second kappa shape index (κ2) is 6.24. The Morgan fingerprint density at radius 3 is 2.55 bits per heavy atom. The highest BCUT2D eigenvalue weighted by molar-refractivity contribution is 7.88. The average molecular weight is 296 g/mol. The van der Waals surface area contributed by atoms with Crippen molar-refractivity contribution in [3.63, 3.8) is 0 Å². The first-order valence-electron chi connectivity index (χ1n) is 7.23. The van der Waals surface area contributed by atoms with Crippen LogP contribution in [0.5, 0.6) is 0 Å². The molecule has 0 aliphatic heterocycles. The maximum absolute atomic E-state index is 12.2. The van der Waals surface area contributed by atoms with Gasteiger partial charge in [-0.15, -0.1) is 0 Å². The van der Waals surface area contributed by atoms with E-state index in [1.807, 2.05) is 31.2 Å². The SMILES string of the molecule is CCNCc1cccc(CS(=O)(=O)NC2(C)CCC2)c1. The third-order valence-electron chi connectivity index (χ3n) is 3.79. The van der Waals surface area contributed by atoms with E-state index in [0.29, 0.717) is 0 Å². The zero-order chi connectivity index (χ0) is 14.6. The van der Waals surface area contributed by atoms with E-state index in [4.69, 9.17) is 0 Å². The second-order valence-corrected chi connectivity index (χ2v) is 7.60. The molecular weight excluding hydrogens is 272 g/mol. The van der Waals surface area contributed by atoms with Crippen LogP contribution in [0, 0.1) is 0 Å². The maximum atomic E-state index is 12.2. The van der Waals surface area contributed by atoms with Gasteiger partial charge in [-0.05, 0) is 43.9 Å². The van der Waals surface area contributed by atoms with Crippen LogP contribution in [-0.2, 0) is 22.3 Å². The standard InChI is InChI=1S/C15H24N2O2S/c1-3-16-11-13-6-4-7-14(10-13)12-20(18,19)17-15(2)8-5-9-15/h4,6-7,10,16-17H,3,5,8-9,11-12H2,1-2H3. The molecule has 0 unspecified atom stereocenters. The smallest absolute Gasteiger partial charge is 0.216 e. The summed E-state index contributed by atoms with van der Waals surface area (Å²) in [6.07, 6.45) is 2.98. The molecule has 1 aliphatic carbocycles. The average Bonchev–Trinajstić information content (AvgIpc) is 2.34. The van der Waals surface area contributed by atoms with Crippen molar-refractivity contribution < 1.29 is 8.42 Å². The molecule has 2 rings (SSSR count). The van der Waals surface area contributed by atoms with Crippen molar-refractivity contribution in [2.45, 2.75) is 50.9 Å². The van der Waals surface area contributed by atoms with Gasteiger partial charge in [-0.1, -0.05) is 31.2 Å². The number of benzene rings is 1. The van der Waals surface area contributed by atoms with Gasteiger partial charge in [0, 0.05) is 12.1 Å². The van der Waals surface area contributed by atoms with Crippen LogP contribution in [0.15, 0.2) is 24.3 Å². The molecule has 0 spiro atoms. The molecule has 0 heterocycles. The van der Waals surface area contributed by atoms with Crippen LogP contribution < -0.4 is 10.0 Å². The van der Waals surface area contributed by atoms with Crippen molar-refractivity contribution in [2.24, 2.45) is 0 Å². The molecule has 5 heteroatoms. The Bertz CT molecular complexity index is 551. The minimum atomic E-state index is -3.26. The zero-order valence-corrected chi connectivity index (χ0v) is 13.1. The Kier molecular flexibility index (Phi) is 4.83. The largest absolute Gasteiger partial charge is 0.313 e. The van der Waals surface area contributed by atoms with Crippen molar-refractivity contribution in [3.8, 4) is 0 Å². The van der Waals surface area contributed by atoms with Crippen molar-refractivity contribution >= 4 is 10.0 Å². The summed E-state index contributed by atoms with van der Waals surface area (Å²) >= 11 is 0. The molecule has 0 saturated heterocycles. The minimum Gasteiger partial charge on any atom is -0.313 e. The lowest BCUT2D eigenvalue weighted by Crippen LogP contribution is -2.51. The second-order valence-electron chi connectivity index (χ2n) is 5.88. The van der Waals surface area contributed by atoms with Gasteiger partial charge in [0.2, 0.25) is 10.0 Å². The van der Waals surface area contributed by atoms with E-state index < -0.39 is 10.0 Å². The first-order valence-corrected chi connectivity index (χ1v) is 8.88. The van der Waals surface area contributed by atoms with Crippen molar-refractivity contribution in [2.75, 3.05) is 6.54 Å². The quantitative estimate of drug-likeness (QED) is 0.810. The van der Waals surface area contributed by atoms with Gasteiger partial charge in [0.25, 0.3) is 0 Å². The molecule has 0 radical (unpaired) electrons. The Hall–Kier alpha value is -0.910. The first-order chi connectivity index (χ1) is 9.42. The Morgan fingerprint density at radius 2 is 1.95 bits per heavy atom. The van der Waals surface area contributed by atoms with E-state index >= 15 is 0 Å². The number of hydrogen-bond acceptors (Lipinski definition) is 3. The van der Waals surface area contributed by atoms with E-state index in [0.717, 1.165) is 43.5 Å². The molecule has 1 aromatic rings. The molecule has 0 aromatic heterocycles. The minimum absolute atomic E-state index is 0.0581. The van der Waals surface area contributed by atoms with Crippen LogP contribution in [0.4, 0.5) is 0 Å². The number of nitrogens with one attached hydrogen (secondary N) is 2. The third-order valence-corrected chi connectivity index (χ3v) is 5.30. The number of sulfonamides is 1. The van der Waals surface area contributed by atoms with Crippen LogP contribution in [-0.4, -0.2) is 20.5 Å². The van der Waals surface area contributed by atoms with Gasteiger partial charge in [-0.25, -0.2) is 13.1 Å². The van der Waals surface area contributed by atoms with Crippen molar-refractivity contribution in [1.29, 1.82) is 0 Å². The first kappa shape index (κ1) is 15.5. The summed E-state index contributed by atoms with van der Waals surface area (Å²) in [7, 11) is -3.26. The summed E-state index contributed by atoms with van der Waals surface area (Å²) in [5.74, 6) is 0.0581. The van der Waals surface area contributed by atoms with Gasteiger partial charge < -0.3 is 5.32 Å². The highest BCUT2D eigenvalue weighted by Gasteiger charge is 2.35. The van der Waals surface area contributed by atoms with Crippen LogP contribution in [0.1, 0.15) is 44.2 Å². The van der Waals surface area contributed by atoms with Gasteiger partial charge >= 0.3 is 0 Å². The van der Waals surface area contributed by atoms with Crippen molar-refractivity contribution in [1.82, 2.24) is 10.0 Å². The normalized spacial score (nSPS) is 17.7. The lowest BCUT2D eigenvalue weighted by molar-refractivity contribution is 0.248.